The molecule has 0 aliphatic carbocycles. The minimum atomic E-state index is 0. The lowest BCUT2D eigenvalue weighted by Gasteiger charge is -2.04. The first kappa shape index (κ1) is 14.0. The lowest BCUT2D eigenvalue weighted by atomic mass is 10.3. The van der Waals surface area contributed by atoms with Crippen molar-refractivity contribution in [2.75, 3.05) is 0 Å². The van der Waals surface area contributed by atoms with E-state index in [1.807, 2.05) is 0 Å². The molecule has 18 heavy (non-hydrogen) atoms. The zero-order valence-corrected chi connectivity index (χ0v) is 12.9. The summed E-state index contributed by atoms with van der Waals surface area (Å²) in [6, 6.07) is 2.14. The molecule has 98 valence electrons. The quantitative estimate of drug-likeness (QED) is 0.923. The van der Waals surface area contributed by atoms with E-state index in [0.29, 0.717) is 0 Å². The fraction of sp³-hybridized carbons (Fsp3) is 0.455. The van der Waals surface area contributed by atoms with Crippen LogP contribution in [0, 0.1) is 0 Å². The molecular formula is C11H14BrClN4S. The number of rotatable bonds is 4. The third-order valence-electron chi connectivity index (χ3n) is 2.92. The average Bonchev–Trinajstić information content (AvgIpc) is 2.97. The molecule has 4 nitrogen and oxygen atoms in total. The van der Waals surface area contributed by atoms with Gasteiger partial charge in [0, 0.05) is 19.5 Å². The van der Waals surface area contributed by atoms with Crippen LogP contribution in [-0.2, 0) is 26.1 Å². The van der Waals surface area contributed by atoms with Gasteiger partial charge in [0.15, 0.2) is 0 Å². The van der Waals surface area contributed by atoms with E-state index in [1.54, 1.807) is 11.3 Å². The van der Waals surface area contributed by atoms with E-state index in [2.05, 4.69) is 47.5 Å². The molecule has 2 aromatic heterocycles. The molecule has 2 aromatic rings. The van der Waals surface area contributed by atoms with Gasteiger partial charge in [-0.15, -0.1) is 33.9 Å². The second-order valence-electron chi connectivity index (χ2n) is 4.15. The molecule has 0 saturated heterocycles. The summed E-state index contributed by atoms with van der Waals surface area (Å²) in [5.74, 6) is 2.20. The second-order valence-corrected chi connectivity index (χ2v) is 6.44. The SMILES string of the molecule is Brc1cc(CNCc2nnc3n2CCC3)cs1.Cl. The second kappa shape index (κ2) is 6.14. The van der Waals surface area contributed by atoms with Crippen molar-refractivity contribution < 1.29 is 0 Å². The molecule has 0 spiro atoms. The maximum atomic E-state index is 4.22. The number of aromatic nitrogens is 3. The average molecular weight is 350 g/mol. The van der Waals surface area contributed by atoms with E-state index in [9.17, 15) is 0 Å². The molecule has 1 aliphatic heterocycles. The Hall–Kier alpha value is -0.430. The zero-order chi connectivity index (χ0) is 11.7. The maximum Gasteiger partial charge on any atom is 0.147 e. The Morgan fingerprint density at radius 3 is 3.06 bits per heavy atom. The fourth-order valence-corrected chi connectivity index (χ4v) is 3.31. The predicted octanol–water partition coefficient (Wildman–Crippen LogP) is 2.76. The number of hydrogen-bond donors (Lipinski definition) is 1. The van der Waals surface area contributed by atoms with Gasteiger partial charge < -0.3 is 9.88 Å². The third-order valence-corrected chi connectivity index (χ3v) is 4.47. The third kappa shape index (κ3) is 2.93. The zero-order valence-electron chi connectivity index (χ0n) is 9.73. The molecule has 1 aliphatic rings. The summed E-state index contributed by atoms with van der Waals surface area (Å²) >= 11 is 5.18. The topological polar surface area (TPSA) is 42.7 Å². The maximum absolute atomic E-state index is 4.22. The Bertz CT molecular complexity index is 525. The standard InChI is InChI=1S/C11H13BrN4S.ClH/c12-9-4-8(7-17-9)5-13-6-11-15-14-10-2-1-3-16(10)11;/h4,7,13H,1-3,5-6H2;1H. The summed E-state index contributed by atoms with van der Waals surface area (Å²) < 4.78 is 3.41. The van der Waals surface area contributed by atoms with E-state index in [-0.39, 0.29) is 12.4 Å². The molecule has 1 N–H and O–H groups in total. The molecule has 3 heterocycles. The van der Waals surface area contributed by atoms with Crippen LogP contribution in [0.4, 0.5) is 0 Å². The highest BCUT2D eigenvalue weighted by molar-refractivity contribution is 9.11. The van der Waals surface area contributed by atoms with Gasteiger partial charge in [0.2, 0.25) is 0 Å². The van der Waals surface area contributed by atoms with Gasteiger partial charge in [0.25, 0.3) is 0 Å². The van der Waals surface area contributed by atoms with E-state index in [0.717, 1.165) is 37.7 Å². The Morgan fingerprint density at radius 1 is 1.39 bits per heavy atom. The molecule has 0 aromatic carbocycles. The smallest absolute Gasteiger partial charge is 0.147 e. The van der Waals surface area contributed by atoms with Crippen molar-refractivity contribution in [2.24, 2.45) is 0 Å². The summed E-state index contributed by atoms with van der Waals surface area (Å²) in [7, 11) is 0. The first-order valence-electron chi connectivity index (χ1n) is 5.67. The van der Waals surface area contributed by atoms with Crippen LogP contribution < -0.4 is 5.32 Å². The van der Waals surface area contributed by atoms with Crippen molar-refractivity contribution in [3.8, 4) is 0 Å². The number of hydrogen-bond acceptors (Lipinski definition) is 4. The van der Waals surface area contributed by atoms with Gasteiger partial charge in [-0.2, -0.15) is 0 Å². The number of halogens is 2. The highest BCUT2D eigenvalue weighted by Gasteiger charge is 2.16. The lowest BCUT2D eigenvalue weighted by molar-refractivity contribution is 0.610. The number of thiophene rings is 1. The summed E-state index contributed by atoms with van der Waals surface area (Å²) in [5, 5.41) is 14.0. The van der Waals surface area contributed by atoms with Gasteiger partial charge in [0.1, 0.15) is 11.6 Å². The monoisotopic (exact) mass is 348 g/mol. The molecule has 0 bridgehead atoms. The molecule has 0 amide bonds. The Kier molecular flexibility index (Phi) is 4.77. The Labute approximate surface area is 124 Å². The molecule has 0 fully saturated rings. The predicted molar refractivity (Wildman–Crippen MR) is 78.2 cm³/mol. The number of nitrogens with zero attached hydrogens (tertiary/aromatic N) is 3. The van der Waals surface area contributed by atoms with Gasteiger partial charge in [-0.3, -0.25) is 0 Å². The normalized spacial score (nSPS) is 13.4. The fourth-order valence-electron chi connectivity index (χ4n) is 2.10. The summed E-state index contributed by atoms with van der Waals surface area (Å²) in [6.07, 6.45) is 2.28. The van der Waals surface area contributed by atoms with Crippen LogP contribution in [0.5, 0.6) is 0 Å². The Morgan fingerprint density at radius 2 is 2.28 bits per heavy atom. The highest BCUT2D eigenvalue weighted by atomic mass is 79.9. The molecule has 0 radical (unpaired) electrons. The largest absolute Gasteiger partial charge is 0.314 e. The Balaban J connectivity index is 0.00000120. The summed E-state index contributed by atoms with van der Waals surface area (Å²) in [4.78, 5) is 0. The molecule has 7 heteroatoms. The van der Waals surface area contributed by atoms with Crippen molar-refractivity contribution >= 4 is 39.7 Å². The minimum Gasteiger partial charge on any atom is -0.314 e. The van der Waals surface area contributed by atoms with Crippen LogP contribution in [0.15, 0.2) is 15.2 Å². The molecular weight excluding hydrogens is 336 g/mol. The van der Waals surface area contributed by atoms with Crippen molar-refractivity contribution in [2.45, 2.75) is 32.5 Å². The summed E-state index contributed by atoms with van der Waals surface area (Å²) in [5.41, 5.74) is 1.31. The van der Waals surface area contributed by atoms with E-state index in [1.165, 1.54) is 15.8 Å². The minimum absolute atomic E-state index is 0. The van der Waals surface area contributed by atoms with Crippen LogP contribution in [0.2, 0.25) is 0 Å². The van der Waals surface area contributed by atoms with Gasteiger partial charge in [-0.25, -0.2) is 0 Å². The molecule has 0 saturated carbocycles. The van der Waals surface area contributed by atoms with Crippen LogP contribution in [0.25, 0.3) is 0 Å². The van der Waals surface area contributed by atoms with Gasteiger partial charge >= 0.3 is 0 Å². The van der Waals surface area contributed by atoms with Crippen LogP contribution in [-0.4, -0.2) is 14.8 Å². The van der Waals surface area contributed by atoms with Crippen LogP contribution in [0.1, 0.15) is 23.6 Å². The van der Waals surface area contributed by atoms with E-state index >= 15 is 0 Å². The van der Waals surface area contributed by atoms with Gasteiger partial charge in [-0.1, -0.05) is 0 Å². The van der Waals surface area contributed by atoms with Crippen LogP contribution >= 0.6 is 39.7 Å². The molecule has 0 atom stereocenters. The van der Waals surface area contributed by atoms with Crippen molar-refractivity contribution in [3.63, 3.8) is 0 Å². The number of fused-ring (bicyclic) bond motifs is 1. The molecule has 3 rings (SSSR count). The van der Waals surface area contributed by atoms with Crippen molar-refractivity contribution in [3.05, 3.63) is 32.4 Å². The van der Waals surface area contributed by atoms with Gasteiger partial charge in [0.05, 0.1) is 10.3 Å². The lowest BCUT2D eigenvalue weighted by Crippen LogP contribution is -2.16. The first-order chi connectivity index (χ1) is 8.33. The molecule has 0 unspecified atom stereocenters. The van der Waals surface area contributed by atoms with Crippen LogP contribution in [0.3, 0.4) is 0 Å². The highest BCUT2D eigenvalue weighted by Crippen LogP contribution is 2.20. The number of aryl methyl sites for hydroxylation is 1. The van der Waals surface area contributed by atoms with E-state index < -0.39 is 0 Å². The summed E-state index contributed by atoms with van der Waals surface area (Å²) in [6.45, 7) is 2.74. The first-order valence-corrected chi connectivity index (χ1v) is 7.35. The van der Waals surface area contributed by atoms with Gasteiger partial charge in [-0.05, 0) is 39.4 Å². The van der Waals surface area contributed by atoms with Crippen molar-refractivity contribution in [1.82, 2.24) is 20.1 Å². The van der Waals surface area contributed by atoms with E-state index in [4.69, 9.17) is 0 Å². The number of nitrogens with one attached hydrogen (secondary N) is 1. The van der Waals surface area contributed by atoms with Crippen molar-refractivity contribution in [1.29, 1.82) is 0 Å².